The van der Waals surface area contributed by atoms with E-state index in [-0.39, 0.29) is 0 Å². The average molecular weight is 273 g/mol. The first-order valence-electron chi connectivity index (χ1n) is 7.85. The molecular formula is C17H23NO2. The fourth-order valence-electron chi connectivity index (χ4n) is 3.38. The summed E-state index contributed by atoms with van der Waals surface area (Å²) in [5.74, 6) is 3.57. The third kappa shape index (κ3) is 2.28. The average Bonchev–Trinajstić information content (AvgIpc) is 3.32. The summed E-state index contributed by atoms with van der Waals surface area (Å²) in [4.78, 5) is 0. The first-order valence-corrected chi connectivity index (χ1v) is 7.85. The van der Waals surface area contributed by atoms with Gasteiger partial charge >= 0.3 is 0 Å². The summed E-state index contributed by atoms with van der Waals surface area (Å²) >= 11 is 0. The van der Waals surface area contributed by atoms with Crippen LogP contribution in [0, 0.1) is 5.92 Å². The molecule has 0 amide bonds. The maximum absolute atomic E-state index is 5.90. The molecule has 2 aliphatic carbocycles. The van der Waals surface area contributed by atoms with E-state index < -0.39 is 0 Å². The summed E-state index contributed by atoms with van der Waals surface area (Å²) in [6, 6.07) is 5.24. The quantitative estimate of drug-likeness (QED) is 0.895. The Morgan fingerprint density at radius 1 is 1.35 bits per heavy atom. The van der Waals surface area contributed by atoms with Crippen LogP contribution in [0.3, 0.4) is 0 Å². The molecule has 3 unspecified atom stereocenters. The van der Waals surface area contributed by atoms with Gasteiger partial charge in [0.25, 0.3) is 0 Å². The Morgan fingerprint density at radius 3 is 2.95 bits per heavy atom. The Labute approximate surface area is 120 Å². The zero-order valence-electron chi connectivity index (χ0n) is 12.3. The molecule has 0 saturated heterocycles. The van der Waals surface area contributed by atoms with Crippen molar-refractivity contribution in [2.24, 2.45) is 5.92 Å². The molecule has 1 heterocycles. The van der Waals surface area contributed by atoms with Gasteiger partial charge in [0.1, 0.15) is 17.6 Å². The van der Waals surface area contributed by atoms with E-state index in [1.54, 1.807) is 7.11 Å². The number of methoxy groups -OCH3 is 1. The summed E-state index contributed by atoms with van der Waals surface area (Å²) in [7, 11) is 1.78. The Bertz CT molecular complexity index is 524. The minimum atomic E-state index is 0.302. The van der Waals surface area contributed by atoms with Crippen LogP contribution in [0.25, 0.3) is 0 Å². The molecular weight excluding hydrogens is 250 g/mol. The van der Waals surface area contributed by atoms with E-state index in [2.05, 4.69) is 24.4 Å². The van der Waals surface area contributed by atoms with E-state index in [9.17, 15) is 0 Å². The molecule has 0 aromatic heterocycles. The number of hydrogen-bond acceptors (Lipinski definition) is 3. The van der Waals surface area contributed by atoms with Crippen molar-refractivity contribution in [1.29, 1.82) is 0 Å². The molecule has 2 fully saturated rings. The Kier molecular flexibility index (Phi) is 2.92. The van der Waals surface area contributed by atoms with E-state index in [0.717, 1.165) is 36.4 Å². The van der Waals surface area contributed by atoms with Crippen LogP contribution in [0.5, 0.6) is 11.5 Å². The molecule has 1 aliphatic heterocycles. The predicted molar refractivity (Wildman–Crippen MR) is 78.7 cm³/mol. The molecule has 1 N–H and O–H groups in total. The van der Waals surface area contributed by atoms with Gasteiger partial charge < -0.3 is 14.8 Å². The van der Waals surface area contributed by atoms with Gasteiger partial charge in [0, 0.05) is 23.6 Å². The first-order chi connectivity index (χ1) is 9.74. The lowest BCUT2D eigenvalue weighted by Crippen LogP contribution is -2.19. The minimum Gasteiger partial charge on any atom is -0.496 e. The van der Waals surface area contributed by atoms with Crippen LogP contribution in [-0.2, 0) is 6.42 Å². The minimum absolute atomic E-state index is 0.302. The highest BCUT2D eigenvalue weighted by Crippen LogP contribution is 2.52. The number of ether oxygens (including phenoxy) is 2. The van der Waals surface area contributed by atoms with Crippen LogP contribution in [0.15, 0.2) is 12.1 Å². The lowest BCUT2D eigenvalue weighted by atomic mass is 10.0. The molecule has 0 spiro atoms. The number of nitrogens with one attached hydrogen (secondary N) is 1. The molecule has 0 bridgehead atoms. The second-order valence-electron chi connectivity index (χ2n) is 6.62. The molecule has 108 valence electrons. The van der Waals surface area contributed by atoms with E-state index >= 15 is 0 Å². The van der Waals surface area contributed by atoms with E-state index in [0.29, 0.717) is 12.0 Å². The van der Waals surface area contributed by atoms with Gasteiger partial charge in [-0.25, -0.2) is 0 Å². The van der Waals surface area contributed by atoms with Crippen molar-refractivity contribution in [3.63, 3.8) is 0 Å². The molecule has 3 heteroatoms. The summed E-state index contributed by atoms with van der Waals surface area (Å²) in [5.41, 5.74) is 2.65. The number of fused-ring (bicyclic) bond motifs is 1. The Balaban J connectivity index is 1.51. The Hall–Kier alpha value is -1.22. The van der Waals surface area contributed by atoms with E-state index in [1.807, 2.05) is 0 Å². The SMILES string of the molecule is COc1cc2c(cc1C1CC1CNC1CC1)OC(C)C2. The van der Waals surface area contributed by atoms with Gasteiger partial charge in [-0.3, -0.25) is 0 Å². The number of hydrogen-bond donors (Lipinski definition) is 1. The topological polar surface area (TPSA) is 30.5 Å². The Morgan fingerprint density at radius 2 is 2.20 bits per heavy atom. The highest BCUT2D eigenvalue weighted by molar-refractivity contribution is 5.51. The number of rotatable bonds is 5. The van der Waals surface area contributed by atoms with Crippen LogP contribution in [0.1, 0.15) is 43.2 Å². The van der Waals surface area contributed by atoms with Gasteiger partial charge in [0.05, 0.1) is 7.11 Å². The fourth-order valence-corrected chi connectivity index (χ4v) is 3.38. The van der Waals surface area contributed by atoms with Crippen LogP contribution in [0.2, 0.25) is 0 Å². The lowest BCUT2D eigenvalue weighted by Gasteiger charge is -2.11. The monoisotopic (exact) mass is 273 g/mol. The second-order valence-corrected chi connectivity index (χ2v) is 6.62. The first kappa shape index (κ1) is 12.5. The highest BCUT2D eigenvalue weighted by atomic mass is 16.5. The van der Waals surface area contributed by atoms with Crippen LogP contribution >= 0.6 is 0 Å². The molecule has 1 aromatic carbocycles. The van der Waals surface area contributed by atoms with E-state index in [1.165, 1.54) is 30.4 Å². The van der Waals surface area contributed by atoms with Crippen molar-refractivity contribution in [2.75, 3.05) is 13.7 Å². The summed E-state index contributed by atoms with van der Waals surface area (Å²) in [6.07, 6.45) is 5.32. The van der Waals surface area contributed by atoms with Crippen molar-refractivity contribution >= 4 is 0 Å². The summed E-state index contributed by atoms with van der Waals surface area (Å²) in [5, 5.41) is 3.64. The van der Waals surface area contributed by atoms with Crippen molar-refractivity contribution in [2.45, 2.75) is 50.7 Å². The van der Waals surface area contributed by atoms with E-state index in [4.69, 9.17) is 9.47 Å². The maximum atomic E-state index is 5.90. The lowest BCUT2D eigenvalue weighted by molar-refractivity contribution is 0.254. The third-order valence-electron chi connectivity index (χ3n) is 4.82. The zero-order chi connectivity index (χ0) is 13.7. The molecule has 2 saturated carbocycles. The smallest absolute Gasteiger partial charge is 0.123 e. The molecule has 3 aliphatic rings. The molecule has 3 atom stereocenters. The van der Waals surface area contributed by atoms with Gasteiger partial charge in [-0.05, 0) is 56.7 Å². The third-order valence-corrected chi connectivity index (χ3v) is 4.82. The second kappa shape index (κ2) is 4.66. The van der Waals surface area contributed by atoms with Crippen molar-refractivity contribution in [1.82, 2.24) is 5.32 Å². The fraction of sp³-hybridized carbons (Fsp3) is 0.647. The van der Waals surface area contributed by atoms with Crippen molar-refractivity contribution in [3.8, 4) is 11.5 Å². The number of benzene rings is 1. The van der Waals surface area contributed by atoms with Gasteiger partial charge in [-0.15, -0.1) is 0 Å². The van der Waals surface area contributed by atoms with Crippen LogP contribution < -0.4 is 14.8 Å². The largest absolute Gasteiger partial charge is 0.496 e. The molecule has 4 rings (SSSR count). The van der Waals surface area contributed by atoms with Gasteiger partial charge in [0.2, 0.25) is 0 Å². The van der Waals surface area contributed by atoms with Crippen LogP contribution in [-0.4, -0.2) is 25.8 Å². The predicted octanol–water partition coefficient (Wildman–Crippen LogP) is 2.87. The summed E-state index contributed by atoms with van der Waals surface area (Å²) in [6.45, 7) is 3.29. The van der Waals surface area contributed by atoms with Gasteiger partial charge in [-0.2, -0.15) is 0 Å². The normalized spacial score (nSPS) is 30.8. The maximum Gasteiger partial charge on any atom is 0.123 e. The zero-order valence-corrected chi connectivity index (χ0v) is 12.3. The van der Waals surface area contributed by atoms with Gasteiger partial charge in [-0.1, -0.05) is 0 Å². The molecule has 20 heavy (non-hydrogen) atoms. The molecule has 1 aromatic rings. The standard InChI is InChI=1S/C17H23NO2/c1-10-5-11-7-17(19-2)15(8-16(11)20-10)14-6-12(14)9-18-13-3-4-13/h7-8,10,12-14,18H,3-6,9H2,1-2H3. The van der Waals surface area contributed by atoms with Crippen molar-refractivity contribution in [3.05, 3.63) is 23.3 Å². The molecule has 0 radical (unpaired) electrons. The van der Waals surface area contributed by atoms with Crippen molar-refractivity contribution < 1.29 is 9.47 Å². The molecule has 3 nitrogen and oxygen atoms in total. The van der Waals surface area contributed by atoms with Crippen LogP contribution in [0.4, 0.5) is 0 Å². The highest BCUT2D eigenvalue weighted by Gasteiger charge is 2.41. The van der Waals surface area contributed by atoms with Gasteiger partial charge in [0.15, 0.2) is 0 Å². The summed E-state index contributed by atoms with van der Waals surface area (Å²) < 4.78 is 11.5.